The molecular formula is C6H12OS. The van der Waals surface area contributed by atoms with Crippen LogP contribution in [0.4, 0.5) is 0 Å². The number of thioether (sulfide) groups is 1. The zero-order chi connectivity index (χ0) is 5.82. The molecule has 1 heterocycles. The Kier molecular flexibility index (Phi) is 2.70. The lowest BCUT2D eigenvalue weighted by Gasteiger charge is -2.05. The maximum Gasteiger partial charge on any atom is 0.0560 e. The molecule has 1 fully saturated rings. The Morgan fingerprint density at radius 3 is 3.25 bits per heavy atom. The van der Waals surface area contributed by atoms with Crippen molar-refractivity contribution >= 4 is 11.8 Å². The van der Waals surface area contributed by atoms with Gasteiger partial charge in [-0.3, -0.25) is 0 Å². The molecule has 8 heavy (non-hydrogen) atoms. The van der Waals surface area contributed by atoms with Crippen molar-refractivity contribution in [2.75, 3.05) is 18.1 Å². The minimum absolute atomic E-state index is 0.505. The highest BCUT2D eigenvalue weighted by molar-refractivity contribution is 7.99. The molecule has 0 saturated carbocycles. The van der Waals surface area contributed by atoms with Crippen molar-refractivity contribution in [3.05, 3.63) is 0 Å². The van der Waals surface area contributed by atoms with Crippen LogP contribution >= 0.6 is 11.8 Å². The molecule has 1 atom stereocenters. The highest BCUT2D eigenvalue weighted by atomic mass is 32.2. The molecule has 0 aliphatic carbocycles. The first-order valence-corrected chi connectivity index (χ1v) is 4.24. The molecule has 1 saturated heterocycles. The summed E-state index contributed by atoms with van der Waals surface area (Å²) >= 11 is 1.99. The summed E-state index contributed by atoms with van der Waals surface area (Å²) in [6.07, 6.45) is 1.73. The molecule has 2 heteroatoms. The summed E-state index contributed by atoms with van der Waals surface area (Å²) in [7, 11) is 0. The molecule has 48 valence electrons. The highest BCUT2D eigenvalue weighted by Crippen LogP contribution is 2.11. The molecular weight excluding hydrogens is 120 g/mol. The van der Waals surface area contributed by atoms with Crippen LogP contribution in [0.1, 0.15) is 13.3 Å². The van der Waals surface area contributed by atoms with Crippen molar-refractivity contribution in [2.45, 2.75) is 19.4 Å². The van der Waals surface area contributed by atoms with Gasteiger partial charge in [0.1, 0.15) is 0 Å². The van der Waals surface area contributed by atoms with E-state index < -0.39 is 0 Å². The largest absolute Gasteiger partial charge is 0.378 e. The molecule has 0 aromatic carbocycles. The van der Waals surface area contributed by atoms with Gasteiger partial charge in [-0.25, -0.2) is 0 Å². The van der Waals surface area contributed by atoms with Crippen LogP contribution in [-0.2, 0) is 4.74 Å². The van der Waals surface area contributed by atoms with Crippen molar-refractivity contribution in [3.63, 3.8) is 0 Å². The van der Waals surface area contributed by atoms with Crippen LogP contribution in [0.5, 0.6) is 0 Å². The van der Waals surface area contributed by atoms with Gasteiger partial charge in [-0.15, -0.1) is 0 Å². The molecule has 1 rings (SSSR count). The fourth-order valence-electron chi connectivity index (χ4n) is 0.743. The van der Waals surface area contributed by atoms with Crippen LogP contribution in [0, 0.1) is 0 Å². The lowest BCUT2D eigenvalue weighted by Crippen LogP contribution is -2.06. The van der Waals surface area contributed by atoms with Gasteiger partial charge in [0.05, 0.1) is 12.7 Å². The molecule has 0 aromatic heterocycles. The van der Waals surface area contributed by atoms with Crippen LogP contribution in [0.3, 0.4) is 0 Å². The zero-order valence-electron chi connectivity index (χ0n) is 5.22. The lowest BCUT2D eigenvalue weighted by molar-refractivity contribution is 0.0797. The van der Waals surface area contributed by atoms with Crippen molar-refractivity contribution in [1.82, 2.24) is 0 Å². The third kappa shape index (κ3) is 2.05. The van der Waals surface area contributed by atoms with Crippen molar-refractivity contribution in [2.24, 2.45) is 0 Å². The Labute approximate surface area is 54.8 Å². The van der Waals surface area contributed by atoms with E-state index in [4.69, 9.17) is 4.74 Å². The summed E-state index contributed by atoms with van der Waals surface area (Å²) in [4.78, 5) is 0. The normalized spacial score (nSPS) is 31.9. The van der Waals surface area contributed by atoms with Crippen LogP contribution < -0.4 is 0 Å². The van der Waals surface area contributed by atoms with E-state index in [0.717, 1.165) is 6.61 Å². The Bertz CT molecular complexity index is 57.5. The molecule has 1 nitrogen and oxygen atoms in total. The summed E-state index contributed by atoms with van der Waals surface area (Å²) in [6, 6.07) is 0. The lowest BCUT2D eigenvalue weighted by atomic mass is 10.3. The monoisotopic (exact) mass is 132 g/mol. The second-order valence-electron chi connectivity index (χ2n) is 2.08. The van der Waals surface area contributed by atoms with E-state index in [0.29, 0.717) is 6.10 Å². The summed E-state index contributed by atoms with van der Waals surface area (Å²) < 4.78 is 5.38. The summed E-state index contributed by atoms with van der Waals surface area (Å²) in [5, 5.41) is 0. The SMILES string of the molecule is CC1CCSCCO1. The molecule has 1 aliphatic heterocycles. The number of hydrogen-bond donors (Lipinski definition) is 0. The highest BCUT2D eigenvalue weighted by Gasteiger charge is 2.05. The third-order valence-electron chi connectivity index (χ3n) is 1.30. The van der Waals surface area contributed by atoms with Crippen molar-refractivity contribution in [1.29, 1.82) is 0 Å². The predicted octanol–water partition coefficient (Wildman–Crippen LogP) is 1.53. The third-order valence-corrected chi connectivity index (χ3v) is 2.28. The van der Waals surface area contributed by atoms with Gasteiger partial charge < -0.3 is 4.74 Å². The second kappa shape index (κ2) is 3.36. The van der Waals surface area contributed by atoms with Gasteiger partial charge in [0.25, 0.3) is 0 Å². The molecule has 1 aliphatic rings. The van der Waals surface area contributed by atoms with Gasteiger partial charge in [-0.2, -0.15) is 11.8 Å². The maximum absolute atomic E-state index is 5.38. The summed E-state index contributed by atoms with van der Waals surface area (Å²) in [5.41, 5.74) is 0. The Balaban J connectivity index is 2.17. The van der Waals surface area contributed by atoms with Crippen molar-refractivity contribution < 1.29 is 4.74 Å². The first kappa shape index (κ1) is 6.43. The average molecular weight is 132 g/mol. The summed E-state index contributed by atoms with van der Waals surface area (Å²) in [5.74, 6) is 2.46. The maximum atomic E-state index is 5.38. The molecule has 0 bridgehead atoms. The molecule has 1 unspecified atom stereocenters. The van der Waals surface area contributed by atoms with Gasteiger partial charge in [-0.1, -0.05) is 0 Å². The van der Waals surface area contributed by atoms with Gasteiger partial charge in [0, 0.05) is 5.75 Å². The number of ether oxygens (including phenoxy) is 1. The van der Waals surface area contributed by atoms with E-state index in [-0.39, 0.29) is 0 Å². The smallest absolute Gasteiger partial charge is 0.0560 e. The minimum Gasteiger partial charge on any atom is -0.378 e. The predicted molar refractivity (Wildman–Crippen MR) is 37.4 cm³/mol. The topological polar surface area (TPSA) is 9.23 Å². The fourth-order valence-corrected chi connectivity index (χ4v) is 1.66. The molecule has 0 N–H and O–H groups in total. The average Bonchev–Trinajstić information content (AvgIpc) is 1.94. The first-order chi connectivity index (χ1) is 3.89. The van der Waals surface area contributed by atoms with E-state index in [1.54, 1.807) is 0 Å². The second-order valence-corrected chi connectivity index (χ2v) is 3.31. The van der Waals surface area contributed by atoms with Gasteiger partial charge in [0.2, 0.25) is 0 Å². The van der Waals surface area contributed by atoms with Gasteiger partial charge >= 0.3 is 0 Å². The molecule has 0 aromatic rings. The van der Waals surface area contributed by atoms with Crippen LogP contribution in [0.15, 0.2) is 0 Å². The quantitative estimate of drug-likeness (QED) is 0.494. The molecule has 0 radical (unpaired) electrons. The van der Waals surface area contributed by atoms with Crippen LogP contribution in [0.25, 0.3) is 0 Å². The van der Waals surface area contributed by atoms with E-state index in [1.807, 2.05) is 11.8 Å². The van der Waals surface area contributed by atoms with E-state index >= 15 is 0 Å². The Hall–Kier alpha value is 0.310. The van der Waals surface area contributed by atoms with Crippen LogP contribution in [-0.4, -0.2) is 24.2 Å². The van der Waals surface area contributed by atoms with Gasteiger partial charge in [-0.05, 0) is 19.1 Å². The minimum atomic E-state index is 0.505. The number of hydrogen-bond acceptors (Lipinski definition) is 2. The van der Waals surface area contributed by atoms with E-state index in [2.05, 4.69) is 6.92 Å². The Morgan fingerprint density at radius 2 is 2.38 bits per heavy atom. The van der Waals surface area contributed by atoms with Crippen molar-refractivity contribution in [3.8, 4) is 0 Å². The standard InChI is InChI=1S/C6H12OS/c1-6-2-4-8-5-3-7-6/h6H,2-5H2,1H3. The zero-order valence-corrected chi connectivity index (χ0v) is 6.04. The van der Waals surface area contributed by atoms with E-state index in [9.17, 15) is 0 Å². The van der Waals surface area contributed by atoms with Crippen LogP contribution in [0.2, 0.25) is 0 Å². The summed E-state index contributed by atoms with van der Waals surface area (Å²) in [6.45, 7) is 3.09. The van der Waals surface area contributed by atoms with Gasteiger partial charge in [0.15, 0.2) is 0 Å². The molecule has 0 amide bonds. The van der Waals surface area contributed by atoms with E-state index in [1.165, 1.54) is 17.9 Å². The number of rotatable bonds is 0. The molecule has 0 spiro atoms. The first-order valence-electron chi connectivity index (χ1n) is 3.09. The Morgan fingerprint density at radius 1 is 1.50 bits per heavy atom. The fraction of sp³-hybridized carbons (Fsp3) is 1.00.